The lowest BCUT2D eigenvalue weighted by Gasteiger charge is -2.22. The Morgan fingerprint density at radius 1 is 1.33 bits per heavy atom. The van der Waals surface area contributed by atoms with Crippen molar-refractivity contribution < 1.29 is 9.59 Å². The Bertz CT molecular complexity index is 514. The van der Waals surface area contributed by atoms with E-state index in [1.54, 1.807) is 19.2 Å². The molecule has 0 aromatic heterocycles. The summed E-state index contributed by atoms with van der Waals surface area (Å²) in [5.41, 5.74) is 2.21. The van der Waals surface area contributed by atoms with E-state index in [-0.39, 0.29) is 30.1 Å². The summed E-state index contributed by atoms with van der Waals surface area (Å²) < 4.78 is 0. The largest absolute Gasteiger partial charge is 0.355 e. The van der Waals surface area contributed by atoms with Crippen LogP contribution in [0.4, 0.5) is 5.69 Å². The zero-order chi connectivity index (χ0) is 14.5. The van der Waals surface area contributed by atoms with Crippen molar-refractivity contribution in [2.75, 3.05) is 25.5 Å². The van der Waals surface area contributed by atoms with E-state index >= 15 is 0 Å². The van der Waals surface area contributed by atoms with Crippen LogP contribution >= 0.6 is 12.4 Å². The second-order valence-electron chi connectivity index (χ2n) is 5.14. The Balaban J connectivity index is 0.00000220. The van der Waals surface area contributed by atoms with Crippen molar-refractivity contribution in [2.45, 2.75) is 19.8 Å². The number of amides is 2. The molecule has 1 fully saturated rings. The molecule has 6 heteroatoms. The smallest absolute Gasteiger partial charge is 0.251 e. The molecular formula is C15H22ClN3O2. The Morgan fingerprint density at radius 3 is 2.71 bits per heavy atom. The standard InChI is InChI=1S/C15H21N3O2.ClH/c1-10-5-6-11(14(19)16-2)8-13(10)18-15(20)12-4-3-7-17-9-12;/h5-6,8,12,17H,3-4,7,9H2,1-2H3,(H,16,19)(H,18,20);1H/t12-;/m1./s1. The molecule has 1 aromatic carbocycles. The third-order valence-electron chi connectivity index (χ3n) is 3.65. The molecule has 0 aliphatic carbocycles. The summed E-state index contributed by atoms with van der Waals surface area (Å²) in [6.45, 7) is 3.62. The van der Waals surface area contributed by atoms with Crippen LogP contribution in [0.5, 0.6) is 0 Å². The minimum atomic E-state index is -0.153. The van der Waals surface area contributed by atoms with E-state index in [1.165, 1.54) is 0 Å². The Kier molecular flexibility index (Phi) is 6.65. The van der Waals surface area contributed by atoms with E-state index in [9.17, 15) is 9.59 Å². The summed E-state index contributed by atoms with van der Waals surface area (Å²) in [7, 11) is 1.59. The average molecular weight is 312 g/mol. The molecular weight excluding hydrogens is 290 g/mol. The van der Waals surface area contributed by atoms with Gasteiger partial charge in [0.05, 0.1) is 5.92 Å². The van der Waals surface area contributed by atoms with Gasteiger partial charge in [-0.15, -0.1) is 12.4 Å². The molecule has 2 amide bonds. The van der Waals surface area contributed by atoms with Crippen LogP contribution in [0.15, 0.2) is 18.2 Å². The van der Waals surface area contributed by atoms with E-state index in [0.29, 0.717) is 11.3 Å². The SMILES string of the molecule is CNC(=O)c1ccc(C)c(NC(=O)[C@@H]2CCCNC2)c1.Cl. The molecule has 0 radical (unpaired) electrons. The van der Waals surface area contributed by atoms with E-state index in [2.05, 4.69) is 16.0 Å². The number of hydrogen-bond donors (Lipinski definition) is 3. The first-order valence-corrected chi connectivity index (χ1v) is 6.96. The number of anilines is 1. The molecule has 1 aliphatic heterocycles. The van der Waals surface area contributed by atoms with Crippen molar-refractivity contribution in [1.29, 1.82) is 0 Å². The molecule has 0 spiro atoms. The molecule has 0 unspecified atom stereocenters. The number of carbonyl (C=O) groups is 2. The van der Waals surface area contributed by atoms with Gasteiger partial charge in [-0.1, -0.05) is 6.07 Å². The highest BCUT2D eigenvalue weighted by Crippen LogP contribution is 2.19. The van der Waals surface area contributed by atoms with Gasteiger partial charge in [0.15, 0.2) is 0 Å². The van der Waals surface area contributed by atoms with E-state index in [4.69, 9.17) is 0 Å². The molecule has 5 nitrogen and oxygen atoms in total. The van der Waals surface area contributed by atoms with Crippen molar-refractivity contribution in [3.05, 3.63) is 29.3 Å². The molecule has 1 aromatic rings. The summed E-state index contributed by atoms with van der Waals surface area (Å²) in [5.74, 6) is -0.124. The normalized spacial score (nSPS) is 17.5. The third kappa shape index (κ3) is 4.44. The molecule has 3 N–H and O–H groups in total. The number of halogens is 1. The molecule has 116 valence electrons. The van der Waals surface area contributed by atoms with Crippen molar-refractivity contribution in [1.82, 2.24) is 10.6 Å². The zero-order valence-corrected chi connectivity index (χ0v) is 13.2. The molecule has 0 bridgehead atoms. The maximum absolute atomic E-state index is 12.2. The zero-order valence-electron chi connectivity index (χ0n) is 12.4. The van der Waals surface area contributed by atoms with Crippen LogP contribution in [0, 0.1) is 12.8 Å². The molecule has 21 heavy (non-hydrogen) atoms. The molecule has 1 saturated heterocycles. The third-order valence-corrected chi connectivity index (χ3v) is 3.65. The van der Waals surface area contributed by atoms with Crippen molar-refractivity contribution in [3.8, 4) is 0 Å². The topological polar surface area (TPSA) is 70.2 Å². The van der Waals surface area contributed by atoms with Gasteiger partial charge in [0.25, 0.3) is 5.91 Å². The Labute approximate surface area is 131 Å². The van der Waals surface area contributed by atoms with Gasteiger partial charge in [-0.05, 0) is 44.0 Å². The summed E-state index contributed by atoms with van der Waals surface area (Å²) in [5, 5.41) is 8.75. The lowest BCUT2D eigenvalue weighted by molar-refractivity contribution is -0.120. The molecule has 1 heterocycles. The molecule has 0 saturated carbocycles. The fraction of sp³-hybridized carbons (Fsp3) is 0.467. The van der Waals surface area contributed by atoms with Crippen LogP contribution in [0.3, 0.4) is 0 Å². The van der Waals surface area contributed by atoms with Crippen LogP contribution in [0.2, 0.25) is 0 Å². The van der Waals surface area contributed by atoms with Crippen LogP contribution in [-0.4, -0.2) is 32.0 Å². The first-order chi connectivity index (χ1) is 9.61. The first kappa shape index (κ1) is 17.5. The van der Waals surface area contributed by atoms with Gasteiger partial charge in [-0.2, -0.15) is 0 Å². The van der Waals surface area contributed by atoms with Crippen LogP contribution in [0.25, 0.3) is 0 Å². The van der Waals surface area contributed by atoms with Crippen molar-refractivity contribution in [2.24, 2.45) is 5.92 Å². The van der Waals surface area contributed by atoms with Gasteiger partial charge in [0.1, 0.15) is 0 Å². The van der Waals surface area contributed by atoms with E-state index in [0.717, 1.165) is 31.5 Å². The molecule has 1 atom stereocenters. The number of hydrogen-bond acceptors (Lipinski definition) is 3. The van der Waals surface area contributed by atoms with Gasteiger partial charge in [0.2, 0.25) is 5.91 Å². The lowest BCUT2D eigenvalue weighted by atomic mass is 9.98. The monoisotopic (exact) mass is 311 g/mol. The van der Waals surface area contributed by atoms with Gasteiger partial charge in [-0.25, -0.2) is 0 Å². The quantitative estimate of drug-likeness (QED) is 0.796. The second kappa shape index (κ2) is 8.00. The number of piperidine rings is 1. The number of benzene rings is 1. The summed E-state index contributed by atoms with van der Waals surface area (Å²) in [6, 6.07) is 5.33. The Hall–Kier alpha value is -1.59. The molecule has 1 aliphatic rings. The maximum Gasteiger partial charge on any atom is 0.251 e. The van der Waals surface area contributed by atoms with Gasteiger partial charge in [-0.3, -0.25) is 9.59 Å². The highest BCUT2D eigenvalue weighted by Gasteiger charge is 2.21. The van der Waals surface area contributed by atoms with Crippen molar-refractivity contribution in [3.63, 3.8) is 0 Å². The van der Waals surface area contributed by atoms with Gasteiger partial charge >= 0.3 is 0 Å². The maximum atomic E-state index is 12.2. The Morgan fingerprint density at radius 2 is 2.10 bits per heavy atom. The fourth-order valence-electron chi connectivity index (χ4n) is 2.35. The summed E-state index contributed by atoms with van der Waals surface area (Å²) in [6.07, 6.45) is 1.93. The van der Waals surface area contributed by atoms with Crippen LogP contribution in [-0.2, 0) is 4.79 Å². The van der Waals surface area contributed by atoms with E-state index < -0.39 is 0 Å². The van der Waals surface area contributed by atoms with E-state index in [1.807, 2.05) is 13.0 Å². The predicted octanol–water partition coefficient (Wildman–Crippen LogP) is 1.71. The van der Waals surface area contributed by atoms with Gasteiger partial charge < -0.3 is 16.0 Å². The summed E-state index contributed by atoms with van der Waals surface area (Å²) >= 11 is 0. The van der Waals surface area contributed by atoms with Gasteiger partial charge in [0, 0.05) is 24.8 Å². The highest BCUT2D eigenvalue weighted by atomic mass is 35.5. The summed E-state index contributed by atoms with van der Waals surface area (Å²) in [4.78, 5) is 23.8. The molecule has 2 rings (SSSR count). The minimum Gasteiger partial charge on any atom is -0.355 e. The number of nitrogens with one attached hydrogen (secondary N) is 3. The lowest BCUT2D eigenvalue weighted by Crippen LogP contribution is -2.37. The number of carbonyl (C=O) groups excluding carboxylic acids is 2. The number of rotatable bonds is 3. The fourth-order valence-corrected chi connectivity index (χ4v) is 2.35. The second-order valence-corrected chi connectivity index (χ2v) is 5.14. The predicted molar refractivity (Wildman–Crippen MR) is 86.0 cm³/mol. The highest BCUT2D eigenvalue weighted by molar-refractivity contribution is 5.98. The van der Waals surface area contributed by atoms with Crippen LogP contribution < -0.4 is 16.0 Å². The number of aryl methyl sites for hydroxylation is 1. The minimum absolute atomic E-state index is 0. The van der Waals surface area contributed by atoms with Crippen LogP contribution in [0.1, 0.15) is 28.8 Å². The first-order valence-electron chi connectivity index (χ1n) is 6.96. The van der Waals surface area contributed by atoms with Crippen molar-refractivity contribution >= 4 is 29.9 Å². The average Bonchev–Trinajstić information content (AvgIpc) is 2.49.